The Balaban J connectivity index is 1.20. The summed E-state index contributed by atoms with van der Waals surface area (Å²) in [6.45, 7) is 3.08. The predicted molar refractivity (Wildman–Crippen MR) is 116 cm³/mol. The average Bonchev–Trinajstić information content (AvgIpc) is 3.07. The van der Waals surface area contributed by atoms with Gasteiger partial charge in [0, 0.05) is 31.1 Å². The summed E-state index contributed by atoms with van der Waals surface area (Å²) in [6, 6.07) is 5.30. The smallest absolute Gasteiger partial charge is 0.255 e. The first-order valence-electron chi connectivity index (χ1n) is 11.8. The molecule has 3 aliphatic heterocycles. The van der Waals surface area contributed by atoms with Crippen molar-refractivity contribution in [2.24, 2.45) is 5.92 Å². The molecule has 172 valence electrons. The highest BCUT2D eigenvalue weighted by atomic mass is 16.5. The molecule has 0 bridgehead atoms. The van der Waals surface area contributed by atoms with Crippen molar-refractivity contribution in [2.75, 3.05) is 19.7 Å². The van der Waals surface area contributed by atoms with Crippen LogP contribution in [0, 0.1) is 5.92 Å². The maximum atomic E-state index is 12.8. The molecule has 8 heteroatoms. The van der Waals surface area contributed by atoms with Crippen molar-refractivity contribution in [1.82, 2.24) is 15.1 Å². The molecule has 3 fully saturated rings. The lowest BCUT2D eigenvalue weighted by atomic mass is 9.81. The van der Waals surface area contributed by atoms with E-state index in [1.165, 1.54) is 12.8 Å². The summed E-state index contributed by atoms with van der Waals surface area (Å²) in [4.78, 5) is 40.6. The molecule has 3 amide bonds. The molecule has 4 aliphatic rings. The first kappa shape index (κ1) is 21.4. The van der Waals surface area contributed by atoms with Crippen LogP contribution in [0.1, 0.15) is 60.9 Å². The lowest BCUT2D eigenvalue weighted by molar-refractivity contribution is -0.136. The number of imide groups is 1. The third kappa shape index (κ3) is 4.26. The minimum atomic E-state index is -0.599. The molecule has 0 unspecified atom stereocenters. The van der Waals surface area contributed by atoms with Gasteiger partial charge in [-0.3, -0.25) is 24.6 Å². The Bertz CT molecular complexity index is 913. The number of nitrogens with zero attached hydrogens (tertiary/aromatic N) is 2. The molecule has 1 aromatic carbocycles. The second-order valence-corrected chi connectivity index (χ2v) is 9.67. The highest BCUT2D eigenvalue weighted by molar-refractivity contribution is 6.05. The Morgan fingerprint density at radius 3 is 2.75 bits per heavy atom. The highest BCUT2D eigenvalue weighted by Crippen LogP contribution is 2.32. The molecule has 2 atom stereocenters. The first-order valence-corrected chi connectivity index (χ1v) is 11.8. The number of benzene rings is 1. The van der Waals surface area contributed by atoms with Crippen LogP contribution in [0.25, 0.3) is 0 Å². The molecule has 5 rings (SSSR count). The van der Waals surface area contributed by atoms with Crippen molar-refractivity contribution < 1.29 is 24.2 Å². The van der Waals surface area contributed by atoms with E-state index in [9.17, 15) is 19.5 Å². The van der Waals surface area contributed by atoms with Crippen LogP contribution in [0.5, 0.6) is 5.75 Å². The quantitative estimate of drug-likeness (QED) is 0.649. The zero-order valence-corrected chi connectivity index (χ0v) is 18.3. The molecule has 2 N–H and O–H groups in total. The number of aliphatic hydroxyl groups is 1. The summed E-state index contributed by atoms with van der Waals surface area (Å²) in [5, 5.41) is 11.9. The van der Waals surface area contributed by atoms with Gasteiger partial charge in [0.25, 0.3) is 5.91 Å². The summed E-state index contributed by atoms with van der Waals surface area (Å²) >= 11 is 0. The number of likely N-dealkylation sites (tertiary alicyclic amines) is 1. The standard InChI is InChI=1S/C24H31N3O5/c28-18-9-15(10-18)12-26-8-2-1-3-17(26)14-32-19-4-5-20-16(11-19)13-27(24(20)31)21-6-7-22(29)25-23(21)30/h4-5,11,15,17-18,21,28H,1-3,6-10,12-14H2,(H,25,29,30)/t15?,17-,18?,21-/m1/s1. The van der Waals surface area contributed by atoms with Gasteiger partial charge >= 0.3 is 0 Å². The molecule has 8 nitrogen and oxygen atoms in total. The summed E-state index contributed by atoms with van der Waals surface area (Å²) in [7, 11) is 0. The second-order valence-electron chi connectivity index (χ2n) is 9.67. The number of hydrogen-bond donors (Lipinski definition) is 2. The molecule has 32 heavy (non-hydrogen) atoms. The number of ether oxygens (including phenoxy) is 1. The molecule has 2 saturated heterocycles. The average molecular weight is 442 g/mol. The van der Waals surface area contributed by atoms with Gasteiger partial charge in [0.05, 0.1) is 6.10 Å². The van der Waals surface area contributed by atoms with Gasteiger partial charge in [-0.1, -0.05) is 6.42 Å². The van der Waals surface area contributed by atoms with Gasteiger partial charge in [0.1, 0.15) is 18.4 Å². The van der Waals surface area contributed by atoms with Gasteiger partial charge in [-0.2, -0.15) is 0 Å². The SMILES string of the molecule is O=C1CC[C@@H](N2Cc3cc(OC[C@H]4CCCCN4CC4CC(O)C4)ccc3C2=O)C(=O)N1. The van der Waals surface area contributed by atoms with E-state index in [-0.39, 0.29) is 24.3 Å². The van der Waals surface area contributed by atoms with Crippen LogP contribution in [0.2, 0.25) is 0 Å². The molecular weight excluding hydrogens is 410 g/mol. The van der Waals surface area contributed by atoms with Crippen LogP contribution in [-0.2, 0) is 16.1 Å². The van der Waals surface area contributed by atoms with Crippen LogP contribution in [-0.4, -0.2) is 70.5 Å². The van der Waals surface area contributed by atoms with Crippen LogP contribution < -0.4 is 10.1 Å². The van der Waals surface area contributed by atoms with Crippen molar-refractivity contribution in [2.45, 2.75) is 69.7 Å². The molecule has 0 radical (unpaired) electrons. The van der Waals surface area contributed by atoms with Gasteiger partial charge < -0.3 is 14.7 Å². The van der Waals surface area contributed by atoms with Crippen molar-refractivity contribution in [1.29, 1.82) is 0 Å². The fraction of sp³-hybridized carbons (Fsp3) is 0.625. The lowest BCUT2D eigenvalue weighted by Gasteiger charge is -2.41. The van der Waals surface area contributed by atoms with Crippen LogP contribution >= 0.6 is 0 Å². The maximum Gasteiger partial charge on any atom is 0.255 e. The fourth-order valence-electron chi connectivity index (χ4n) is 5.50. The first-order chi connectivity index (χ1) is 15.5. The van der Waals surface area contributed by atoms with Crippen molar-refractivity contribution in [3.8, 4) is 5.75 Å². The van der Waals surface area contributed by atoms with E-state index in [0.29, 0.717) is 37.1 Å². The van der Waals surface area contributed by atoms with Gasteiger partial charge in [0.2, 0.25) is 11.8 Å². The van der Waals surface area contributed by atoms with Crippen molar-refractivity contribution in [3.05, 3.63) is 29.3 Å². The van der Waals surface area contributed by atoms with E-state index < -0.39 is 11.9 Å². The van der Waals surface area contributed by atoms with E-state index in [4.69, 9.17) is 4.74 Å². The fourth-order valence-corrected chi connectivity index (χ4v) is 5.50. The van der Waals surface area contributed by atoms with Crippen LogP contribution in [0.15, 0.2) is 18.2 Å². The highest BCUT2D eigenvalue weighted by Gasteiger charge is 2.39. The molecule has 3 heterocycles. The normalized spacial score (nSPS) is 30.7. The Kier molecular flexibility index (Phi) is 5.90. The zero-order chi connectivity index (χ0) is 22.2. The number of amides is 3. The summed E-state index contributed by atoms with van der Waals surface area (Å²) in [5.74, 6) is 0.495. The number of aliphatic hydroxyl groups excluding tert-OH is 1. The zero-order valence-electron chi connectivity index (χ0n) is 18.3. The lowest BCUT2D eigenvalue weighted by Crippen LogP contribution is -2.52. The third-order valence-electron chi connectivity index (χ3n) is 7.39. The molecule has 0 spiro atoms. The monoisotopic (exact) mass is 441 g/mol. The largest absolute Gasteiger partial charge is 0.492 e. The number of carbonyl (C=O) groups excluding carboxylic acids is 3. The molecule has 1 aliphatic carbocycles. The maximum absolute atomic E-state index is 12.8. The number of rotatable bonds is 6. The van der Waals surface area contributed by atoms with E-state index in [1.807, 2.05) is 12.1 Å². The Labute approximate surface area is 187 Å². The van der Waals surface area contributed by atoms with E-state index in [2.05, 4.69) is 10.2 Å². The number of carbonyl (C=O) groups is 3. The minimum Gasteiger partial charge on any atom is -0.492 e. The second kappa shape index (κ2) is 8.83. The molecule has 0 aromatic heterocycles. The summed E-state index contributed by atoms with van der Waals surface area (Å²) < 4.78 is 6.16. The van der Waals surface area contributed by atoms with E-state index in [1.54, 1.807) is 11.0 Å². The van der Waals surface area contributed by atoms with Crippen molar-refractivity contribution in [3.63, 3.8) is 0 Å². The number of piperidine rings is 2. The molecule has 1 aromatic rings. The Morgan fingerprint density at radius 2 is 1.97 bits per heavy atom. The van der Waals surface area contributed by atoms with E-state index in [0.717, 1.165) is 43.7 Å². The van der Waals surface area contributed by atoms with Gasteiger partial charge in [0.15, 0.2) is 0 Å². The summed E-state index contributed by atoms with van der Waals surface area (Å²) in [6.07, 6.45) is 5.85. The molecule has 1 saturated carbocycles. The van der Waals surface area contributed by atoms with Gasteiger partial charge in [-0.15, -0.1) is 0 Å². The molecular formula is C24H31N3O5. The predicted octanol–water partition coefficient (Wildman–Crippen LogP) is 1.45. The van der Waals surface area contributed by atoms with Crippen LogP contribution in [0.4, 0.5) is 0 Å². The Hall–Kier alpha value is -2.45. The van der Waals surface area contributed by atoms with Gasteiger partial charge in [-0.25, -0.2) is 0 Å². The number of fused-ring (bicyclic) bond motifs is 1. The topological polar surface area (TPSA) is 99.2 Å². The minimum absolute atomic E-state index is 0.117. The van der Waals surface area contributed by atoms with Crippen LogP contribution in [0.3, 0.4) is 0 Å². The van der Waals surface area contributed by atoms with Gasteiger partial charge in [-0.05, 0) is 68.3 Å². The number of hydrogen-bond acceptors (Lipinski definition) is 6. The Morgan fingerprint density at radius 1 is 1.12 bits per heavy atom. The van der Waals surface area contributed by atoms with E-state index >= 15 is 0 Å². The van der Waals surface area contributed by atoms with Crippen molar-refractivity contribution >= 4 is 17.7 Å². The number of nitrogens with one attached hydrogen (secondary N) is 1. The summed E-state index contributed by atoms with van der Waals surface area (Å²) in [5.41, 5.74) is 1.46. The third-order valence-corrected chi connectivity index (χ3v) is 7.39.